The molecule has 1 amide bonds. The van der Waals surface area contributed by atoms with Crippen LogP contribution >= 0.6 is 0 Å². The summed E-state index contributed by atoms with van der Waals surface area (Å²) in [5.41, 5.74) is 0.718. The smallest absolute Gasteiger partial charge is 0.232 e. The first-order valence-electron chi connectivity index (χ1n) is 9.41. The summed E-state index contributed by atoms with van der Waals surface area (Å²) in [5.74, 6) is 2.77. The van der Waals surface area contributed by atoms with Gasteiger partial charge in [-0.25, -0.2) is 4.98 Å². The first kappa shape index (κ1) is 16.0. The van der Waals surface area contributed by atoms with E-state index in [1.807, 2.05) is 11.9 Å². The van der Waals surface area contributed by atoms with Crippen LogP contribution < -0.4 is 0 Å². The van der Waals surface area contributed by atoms with Crippen LogP contribution in [0.4, 0.5) is 0 Å². The molecule has 1 saturated heterocycles. The molecule has 6 rings (SSSR count). The zero-order valence-corrected chi connectivity index (χ0v) is 15.3. The van der Waals surface area contributed by atoms with E-state index in [2.05, 4.69) is 22.2 Å². The van der Waals surface area contributed by atoms with Crippen molar-refractivity contribution >= 4 is 5.91 Å². The first-order valence-corrected chi connectivity index (χ1v) is 9.41. The van der Waals surface area contributed by atoms with E-state index in [1.54, 1.807) is 4.68 Å². The van der Waals surface area contributed by atoms with Gasteiger partial charge in [-0.1, -0.05) is 12.1 Å². The highest BCUT2D eigenvalue weighted by Crippen LogP contribution is 2.73. The second-order valence-corrected chi connectivity index (χ2v) is 8.71. The van der Waals surface area contributed by atoms with Crippen LogP contribution in [0.2, 0.25) is 0 Å². The third kappa shape index (κ3) is 2.38. The van der Waals surface area contributed by atoms with E-state index in [1.165, 1.54) is 25.6 Å². The third-order valence-electron chi connectivity index (χ3n) is 6.52. The Labute approximate surface area is 152 Å². The summed E-state index contributed by atoms with van der Waals surface area (Å²) in [7, 11) is 1.81. The molecular formula is C18H24N6O2. The molecule has 0 N–H and O–H groups in total. The highest BCUT2D eigenvalue weighted by Gasteiger charge is 2.68. The van der Waals surface area contributed by atoms with Crippen molar-refractivity contribution in [2.75, 3.05) is 13.1 Å². The Morgan fingerprint density at radius 1 is 1.31 bits per heavy atom. The fourth-order valence-corrected chi connectivity index (χ4v) is 5.25. The maximum Gasteiger partial charge on any atom is 0.232 e. The Bertz CT molecular complexity index is 828. The molecule has 0 aromatic carbocycles. The number of hydrogen-bond donors (Lipinski definition) is 0. The molecule has 26 heavy (non-hydrogen) atoms. The molecular weight excluding hydrogens is 332 g/mol. The molecule has 4 aliphatic rings. The number of hydrogen-bond acceptors (Lipinski definition) is 6. The van der Waals surface area contributed by atoms with Crippen molar-refractivity contribution in [3.63, 3.8) is 0 Å². The average Bonchev–Trinajstić information content (AvgIpc) is 3.21. The second kappa shape index (κ2) is 5.37. The van der Waals surface area contributed by atoms with Gasteiger partial charge in [0.15, 0.2) is 5.82 Å². The topological polar surface area (TPSA) is 89.9 Å². The van der Waals surface area contributed by atoms with Gasteiger partial charge in [0, 0.05) is 26.1 Å². The molecule has 0 atom stereocenters. The summed E-state index contributed by atoms with van der Waals surface area (Å²) in [6.07, 6.45) is 7.12. The van der Waals surface area contributed by atoms with Crippen molar-refractivity contribution in [1.82, 2.24) is 29.8 Å². The van der Waals surface area contributed by atoms with Crippen LogP contribution in [-0.4, -0.2) is 48.8 Å². The van der Waals surface area contributed by atoms with Crippen molar-refractivity contribution < 1.29 is 9.32 Å². The molecule has 3 saturated carbocycles. The van der Waals surface area contributed by atoms with Crippen LogP contribution in [0.1, 0.15) is 62.5 Å². The average molecular weight is 356 g/mol. The van der Waals surface area contributed by atoms with Gasteiger partial charge < -0.3 is 9.42 Å². The molecule has 0 spiro atoms. The van der Waals surface area contributed by atoms with Crippen LogP contribution in [-0.2, 0) is 23.7 Å². The van der Waals surface area contributed by atoms with E-state index in [4.69, 9.17) is 9.51 Å². The fraction of sp³-hybridized carbons (Fsp3) is 0.722. The Balaban J connectivity index is 1.18. The first-order chi connectivity index (χ1) is 12.5. The van der Waals surface area contributed by atoms with E-state index < -0.39 is 0 Å². The molecule has 3 aliphatic carbocycles. The van der Waals surface area contributed by atoms with E-state index in [-0.39, 0.29) is 17.2 Å². The Kier molecular flexibility index (Phi) is 3.30. The monoisotopic (exact) mass is 356 g/mol. The number of rotatable bonds is 4. The summed E-state index contributed by atoms with van der Waals surface area (Å²) in [6, 6.07) is 0. The van der Waals surface area contributed by atoms with Gasteiger partial charge in [-0.05, 0) is 37.5 Å². The van der Waals surface area contributed by atoms with Gasteiger partial charge in [-0.2, -0.15) is 10.1 Å². The van der Waals surface area contributed by atoms with Gasteiger partial charge in [0.1, 0.15) is 12.2 Å². The minimum absolute atomic E-state index is 0.107. The third-order valence-corrected chi connectivity index (χ3v) is 6.52. The predicted octanol–water partition coefficient (Wildman–Crippen LogP) is 1.59. The van der Waals surface area contributed by atoms with Crippen LogP contribution in [0.3, 0.4) is 0 Å². The summed E-state index contributed by atoms with van der Waals surface area (Å²) < 4.78 is 7.26. The van der Waals surface area contributed by atoms with E-state index in [9.17, 15) is 4.79 Å². The van der Waals surface area contributed by atoms with Gasteiger partial charge in [-0.15, -0.1) is 0 Å². The quantitative estimate of drug-likeness (QED) is 0.826. The molecule has 8 nitrogen and oxygen atoms in total. The maximum atomic E-state index is 12.5. The minimum Gasteiger partial charge on any atom is -0.342 e. The fourth-order valence-electron chi connectivity index (χ4n) is 5.25. The van der Waals surface area contributed by atoms with Crippen LogP contribution in [0, 0.1) is 5.41 Å². The lowest BCUT2D eigenvalue weighted by Crippen LogP contribution is -2.63. The van der Waals surface area contributed by atoms with Gasteiger partial charge >= 0.3 is 0 Å². The maximum absolute atomic E-state index is 12.5. The highest BCUT2D eigenvalue weighted by molar-refractivity contribution is 5.78. The number of piperidine rings is 1. The number of amides is 1. The number of likely N-dealkylation sites (tertiary alicyclic amines) is 1. The van der Waals surface area contributed by atoms with E-state index >= 15 is 0 Å². The Hall–Kier alpha value is -2.25. The molecule has 138 valence electrons. The van der Waals surface area contributed by atoms with Crippen molar-refractivity contribution in [2.45, 2.75) is 56.8 Å². The van der Waals surface area contributed by atoms with Crippen LogP contribution in [0.5, 0.6) is 0 Å². The van der Waals surface area contributed by atoms with Crippen LogP contribution in [0.15, 0.2) is 10.9 Å². The van der Waals surface area contributed by atoms with Crippen molar-refractivity contribution in [1.29, 1.82) is 0 Å². The summed E-state index contributed by atoms with van der Waals surface area (Å²) in [4.78, 5) is 23.3. The number of carbonyl (C=O) groups excluding carboxylic acids is 1. The SMILES string of the molecule is Cn1ncnc1CC(=O)N1CCC(c2noc(C34CC(C)(C3)C4)n2)CC1. The van der Waals surface area contributed by atoms with Gasteiger partial charge in [-0.3, -0.25) is 9.48 Å². The normalized spacial score (nSPS) is 30.8. The molecule has 2 aromatic rings. The number of nitrogens with zero attached hydrogens (tertiary/aromatic N) is 6. The molecule has 0 unspecified atom stereocenters. The van der Waals surface area contributed by atoms with Crippen molar-refractivity contribution in [2.24, 2.45) is 12.5 Å². The van der Waals surface area contributed by atoms with Gasteiger partial charge in [0.2, 0.25) is 11.8 Å². The molecule has 2 bridgehead atoms. The number of aromatic nitrogens is 5. The van der Waals surface area contributed by atoms with Gasteiger partial charge in [0.05, 0.1) is 11.8 Å². The second-order valence-electron chi connectivity index (χ2n) is 8.71. The number of carbonyl (C=O) groups is 1. The Morgan fingerprint density at radius 3 is 2.65 bits per heavy atom. The largest absolute Gasteiger partial charge is 0.342 e. The molecule has 4 fully saturated rings. The van der Waals surface area contributed by atoms with Crippen molar-refractivity contribution in [3.8, 4) is 0 Å². The Morgan fingerprint density at radius 2 is 2.04 bits per heavy atom. The summed E-state index contributed by atoms with van der Waals surface area (Å²) >= 11 is 0. The lowest BCUT2D eigenvalue weighted by Gasteiger charge is -2.67. The number of aryl methyl sites for hydroxylation is 1. The molecule has 2 aromatic heterocycles. The van der Waals surface area contributed by atoms with E-state index in [0.29, 0.717) is 17.7 Å². The highest BCUT2D eigenvalue weighted by atomic mass is 16.5. The zero-order chi connectivity index (χ0) is 17.9. The minimum atomic E-state index is 0.107. The molecule has 0 radical (unpaired) electrons. The van der Waals surface area contributed by atoms with Crippen LogP contribution in [0.25, 0.3) is 0 Å². The lowest BCUT2D eigenvalue weighted by atomic mass is 9.36. The standard InChI is InChI=1S/C18H24N6O2/c1-17-8-18(9-17,10-17)16-21-15(22-26-16)12-3-5-24(6-4-12)14(25)7-13-19-11-20-23(13)2/h11-12H,3-10H2,1-2H3. The van der Waals surface area contributed by atoms with E-state index in [0.717, 1.165) is 37.6 Å². The zero-order valence-electron chi connectivity index (χ0n) is 15.3. The summed E-state index contributed by atoms with van der Waals surface area (Å²) in [5, 5.41) is 8.28. The predicted molar refractivity (Wildman–Crippen MR) is 91.2 cm³/mol. The van der Waals surface area contributed by atoms with Gasteiger partial charge in [0.25, 0.3) is 0 Å². The summed E-state index contributed by atoms with van der Waals surface area (Å²) in [6.45, 7) is 3.79. The molecule has 1 aliphatic heterocycles. The molecule has 3 heterocycles. The lowest BCUT2D eigenvalue weighted by molar-refractivity contribution is -0.141. The molecule has 8 heteroatoms. The van der Waals surface area contributed by atoms with Crippen molar-refractivity contribution in [3.05, 3.63) is 23.9 Å².